The monoisotopic (exact) mass is 582 g/mol. The quantitative estimate of drug-likeness (QED) is 0.0715. The van der Waals surface area contributed by atoms with Crippen LogP contribution in [-0.4, -0.2) is 12.6 Å². The molecule has 0 spiro atoms. The third kappa shape index (κ3) is 11.9. The van der Waals surface area contributed by atoms with Gasteiger partial charge >= 0.3 is 5.97 Å². The summed E-state index contributed by atoms with van der Waals surface area (Å²) in [5, 5.41) is 0. The van der Waals surface area contributed by atoms with Gasteiger partial charge in [-0.25, -0.2) is 9.18 Å². The lowest BCUT2D eigenvalue weighted by atomic mass is 9.79. The van der Waals surface area contributed by atoms with Crippen LogP contribution in [0.15, 0.2) is 48.6 Å². The SMILES string of the molecule is CCCCCCCCCOc1ccc(C(=O)Oc2ccc(CCC=C[C@H]3CC[C@H](CCCCC)CC3)cc2)c(F)c1F. The van der Waals surface area contributed by atoms with Gasteiger partial charge in [-0.05, 0) is 86.6 Å². The first-order valence-electron chi connectivity index (χ1n) is 16.6. The van der Waals surface area contributed by atoms with Crippen molar-refractivity contribution in [2.45, 2.75) is 123 Å². The Morgan fingerprint density at radius 3 is 2.19 bits per heavy atom. The molecule has 1 fully saturated rings. The fourth-order valence-corrected chi connectivity index (χ4v) is 5.82. The van der Waals surface area contributed by atoms with Gasteiger partial charge in [0.05, 0.1) is 12.2 Å². The van der Waals surface area contributed by atoms with E-state index in [1.54, 1.807) is 12.1 Å². The van der Waals surface area contributed by atoms with Crippen LogP contribution in [0.2, 0.25) is 0 Å². The summed E-state index contributed by atoms with van der Waals surface area (Å²) in [7, 11) is 0. The first-order valence-corrected chi connectivity index (χ1v) is 16.6. The number of carbonyl (C=O) groups is 1. The maximum absolute atomic E-state index is 14.7. The average molecular weight is 583 g/mol. The summed E-state index contributed by atoms with van der Waals surface area (Å²) < 4.78 is 40.0. The van der Waals surface area contributed by atoms with E-state index >= 15 is 0 Å². The van der Waals surface area contributed by atoms with Crippen LogP contribution in [0.1, 0.15) is 133 Å². The molecule has 0 atom stereocenters. The van der Waals surface area contributed by atoms with Crippen LogP contribution in [0.3, 0.4) is 0 Å². The highest BCUT2D eigenvalue weighted by Crippen LogP contribution is 2.33. The van der Waals surface area contributed by atoms with E-state index in [9.17, 15) is 13.6 Å². The minimum Gasteiger partial charge on any atom is -0.490 e. The second-order valence-corrected chi connectivity index (χ2v) is 12.0. The number of hydrogen-bond donors (Lipinski definition) is 0. The minimum absolute atomic E-state index is 0.177. The third-order valence-electron chi connectivity index (χ3n) is 8.52. The summed E-state index contributed by atoms with van der Waals surface area (Å²) in [6, 6.07) is 9.74. The van der Waals surface area contributed by atoms with Gasteiger partial charge in [-0.1, -0.05) is 102 Å². The van der Waals surface area contributed by atoms with Crippen molar-refractivity contribution >= 4 is 5.97 Å². The molecule has 0 aliphatic heterocycles. The molecule has 2 aromatic carbocycles. The van der Waals surface area contributed by atoms with Crippen molar-refractivity contribution in [3.63, 3.8) is 0 Å². The Bertz CT molecular complexity index is 1070. The molecule has 42 heavy (non-hydrogen) atoms. The minimum atomic E-state index is -1.24. The fraction of sp³-hybridized carbons (Fsp3) is 0.595. The van der Waals surface area contributed by atoms with E-state index in [2.05, 4.69) is 26.0 Å². The number of unbranched alkanes of at least 4 members (excludes halogenated alkanes) is 8. The van der Waals surface area contributed by atoms with Crippen LogP contribution in [0, 0.1) is 23.5 Å². The van der Waals surface area contributed by atoms with Crippen LogP contribution < -0.4 is 9.47 Å². The van der Waals surface area contributed by atoms with Crippen molar-refractivity contribution in [3.8, 4) is 11.5 Å². The Morgan fingerprint density at radius 1 is 0.810 bits per heavy atom. The highest BCUT2D eigenvalue weighted by molar-refractivity contribution is 5.91. The van der Waals surface area contributed by atoms with E-state index in [0.717, 1.165) is 43.6 Å². The zero-order valence-electron chi connectivity index (χ0n) is 26.0. The van der Waals surface area contributed by atoms with E-state index in [1.807, 2.05) is 12.1 Å². The Morgan fingerprint density at radius 2 is 1.48 bits per heavy atom. The summed E-state index contributed by atoms with van der Waals surface area (Å²) >= 11 is 0. The van der Waals surface area contributed by atoms with Crippen LogP contribution in [0.4, 0.5) is 8.78 Å². The second kappa shape index (κ2) is 19.5. The molecular weight excluding hydrogens is 530 g/mol. The zero-order valence-corrected chi connectivity index (χ0v) is 26.0. The maximum Gasteiger partial charge on any atom is 0.346 e. The number of halogens is 2. The molecule has 0 bridgehead atoms. The van der Waals surface area contributed by atoms with E-state index in [4.69, 9.17) is 9.47 Å². The molecule has 0 unspecified atom stereocenters. The summed E-state index contributed by atoms with van der Waals surface area (Å²) in [6.45, 7) is 4.77. The molecule has 0 heterocycles. The van der Waals surface area contributed by atoms with Gasteiger partial charge in [-0.2, -0.15) is 4.39 Å². The molecule has 0 aromatic heterocycles. The number of aryl methyl sites for hydroxylation is 1. The number of carbonyl (C=O) groups excluding carboxylic acids is 1. The predicted molar refractivity (Wildman–Crippen MR) is 168 cm³/mol. The van der Waals surface area contributed by atoms with Crippen LogP contribution in [-0.2, 0) is 6.42 Å². The Balaban J connectivity index is 1.37. The van der Waals surface area contributed by atoms with Gasteiger partial charge in [0.2, 0.25) is 5.82 Å². The molecule has 5 heteroatoms. The molecule has 232 valence electrons. The fourth-order valence-electron chi connectivity index (χ4n) is 5.82. The summed E-state index contributed by atoms with van der Waals surface area (Å²) in [4.78, 5) is 12.6. The smallest absolute Gasteiger partial charge is 0.346 e. The molecule has 3 rings (SSSR count). The Hall–Kier alpha value is -2.69. The number of rotatable bonds is 19. The molecule has 1 saturated carbocycles. The molecule has 2 aromatic rings. The van der Waals surface area contributed by atoms with E-state index in [1.165, 1.54) is 89.2 Å². The highest BCUT2D eigenvalue weighted by atomic mass is 19.2. The van der Waals surface area contributed by atoms with Gasteiger partial charge in [-0.15, -0.1) is 0 Å². The maximum atomic E-state index is 14.7. The highest BCUT2D eigenvalue weighted by Gasteiger charge is 2.21. The molecule has 0 amide bonds. The Labute approximate surface area is 253 Å². The van der Waals surface area contributed by atoms with Gasteiger partial charge in [0.25, 0.3) is 0 Å². The molecule has 0 radical (unpaired) electrons. The molecule has 0 N–H and O–H groups in total. The number of esters is 1. The Kier molecular flexibility index (Phi) is 15.7. The predicted octanol–water partition coefficient (Wildman–Crippen LogP) is 11.2. The summed E-state index contributed by atoms with van der Waals surface area (Å²) in [6.07, 6.45) is 25.2. The first kappa shape index (κ1) is 33.8. The van der Waals surface area contributed by atoms with Crippen molar-refractivity contribution in [2.75, 3.05) is 6.61 Å². The lowest BCUT2D eigenvalue weighted by molar-refractivity contribution is 0.0728. The topological polar surface area (TPSA) is 35.5 Å². The number of hydrogen-bond acceptors (Lipinski definition) is 3. The van der Waals surface area contributed by atoms with Gasteiger partial charge in [0.1, 0.15) is 5.75 Å². The van der Waals surface area contributed by atoms with Gasteiger partial charge in [0, 0.05) is 0 Å². The summed E-state index contributed by atoms with van der Waals surface area (Å²) in [5.74, 6) is -1.56. The molecule has 3 nitrogen and oxygen atoms in total. The lowest BCUT2D eigenvalue weighted by Gasteiger charge is -2.26. The number of benzene rings is 2. The summed E-state index contributed by atoms with van der Waals surface area (Å²) in [5.41, 5.74) is 0.693. The van der Waals surface area contributed by atoms with Crippen molar-refractivity contribution < 1.29 is 23.0 Å². The zero-order chi connectivity index (χ0) is 30.0. The van der Waals surface area contributed by atoms with Gasteiger partial charge < -0.3 is 9.47 Å². The van der Waals surface area contributed by atoms with E-state index in [-0.39, 0.29) is 5.75 Å². The van der Waals surface area contributed by atoms with Crippen LogP contribution in [0.5, 0.6) is 11.5 Å². The van der Waals surface area contributed by atoms with E-state index < -0.39 is 23.2 Å². The normalized spacial score (nSPS) is 17.0. The standard InChI is InChI=1S/C37H52F2O3/c1-3-5-7-8-9-10-14-28-41-34-27-26-33(35(38)36(34)39)37(40)42-32-24-22-31(23-25-32)17-13-12-16-30-20-18-29(19-21-30)15-11-6-4-2/h12,16,22-27,29-30H,3-11,13-15,17-21,28H2,1-2H3/t29-,30-. The van der Waals surface area contributed by atoms with Gasteiger partial charge in [-0.3, -0.25) is 0 Å². The first-order chi connectivity index (χ1) is 20.5. The van der Waals surface area contributed by atoms with Crippen molar-refractivity contribution in [1.29, 1.82) is 0 Å². The largest absolute Gasteiger partial charge is 0.490 e. The van der Waals surface area contributed by atoms with Crippen molar-refractivity contribution in [1.82, 2.24) is 0 Å². The second-order valence-electron chi connectivity index (χ2n) is 12.0. The van der Waals surface area contributed by atoms with Crippen LogP contribution in [0.25, 0.3) is 0 Å². The van der Waals surface area contributed by atoms with Crippen molar-refractivity contribution in [2.24, 2.45) is 11.8 Å². The molecule has 1 aliphatic carbocycles. The third-order valence-corrected chi connectivity index (χ3v) is 8.52. The number of allylic oxidation sites excluding steroid dienone is 2. The van der Waals surface area contributed by atoms with Gasteiger partial charge in [0.15, 0.2) is 11.6 Å². The average Bonchev–Trinajstić information content (AvgIpc) is 3.00. The molecule has 0 saturated heterocycles. The molecular formula is C37H52F2O3. The lowest BCUT2D eigenvalue weighted by Crippen LogP contribution is -2.13. The molecule has 1 aliphatic rings. The number of ether oxygens (including phenoxy) is 2. The van der Waals surface area contributed by atoms with E-state index in [0.29, 0.717) is 18.3 Å². The van der Waals surface area contributed by atoms with Crippen molar-refractivity contribution in [3.05, 3.63) is 71.3 Å². The van der Waals surface area contributed by atoms with Crippen LogP contribution >= 0.6 is 0 Å².